The number of thiazole rings is 1. The van der Waals surface area contributed by atoms with E-state index in [0.29, 0.717) is 6.42 Å². The van der Waals surface area contributed by atoms with Crippen LogP contribution in [0.3, 0.4) is 0 Å². The van der Waals surface area contributed by atoms with Gasteiger partial charge in [0.2, 0.25) is 0 Å². The van der Waals surface area contributed by atoms with E-state index in [1.807, 2.05) is 23.6 Å². The standard InChI is InChI=1S/C13H12BrNO2S/c1-8(16)5-10-7-18-13(15-10)9-3-4-12(17-2)11(14)6-9/h3-4,6-7H,5H2,1-2H3. The van der Waals surface area contributed by atoms with Gasteiger partial charge in [-0.05, 0) is 41.1 Å². The summed E-state index contributed by atoms with van der Waals surface area (Å²) in [4.78, 5) is 15.5. The van der Waals surface area contributed by atoms with E-state index in [0.717, 1.165) is 26.5 Å². The number of carbonyl (C=O) groups excluding carboxylic acids is 1. The van der Waals surface area contributed by atoms with Crippen molar-refractivity contribution >= 4 is 33.0 Å². The van der Waals surface area contributed by atoms with Crippen LogP contribution in [0.5, 0.6) is 5.75 Å². The van der Waals surface area contributed by atoms with Crippen molar-refractivity contribution in [2.75, 3.05) is 7.11 Å². The lowest BCUT2D eigenvalue weighted by Crippen LogP contribution is -1.96. The van der Waals surface area contributed by atoms with Gasteiger partial charge in [0.05, 0.1) is 17.3 Å². The first-order valence-electron chi connectivity index (χ1n) is 5.38. The molecule has 5 heteroatoms. The molecule has 0 unspecified atom stereocenters. The van der Waals surface area contributed by atoms with Crippen molar-refractivity contribution < 1.29 is 9.53 Å². The number of carbonyl (C=O) groups is 1. The quantitative estimate of drug-likeness (QED) is 0.860. The number of benzene rings is 1. The summed E-state index contributed by atoms with van der Waals surface area (Å²) in [5.74, 6) is 0.919. The molecule has 2 aromatic rings. The molecular weight excluding hydrogens is 314 g/mol. The summed E-state index contributed by atoms with van der Waals surface area (Å²) in [7, 11) is 1.63. The number of rotatable bonds is 4. The van der Waals surface area contributed by atoms with Crippen LogP contribution in [-0.4, -0.2) is 17.9 Å². The first-order chi connectivity index (χ1) is 8.60. The van der Waals surface area contributed by atoms with Gasteiger partial charge in [0.1, 0.15) is 16.5 Å². The van der Waals surface area contributed by atoms with Crippen molar-refractivity contribution in [3.63, 3.8) is 0 Å². The van der Waals surface area contributed by atoms with Gasteiger partial charge in [0.25, 0.3) is 0 Å². The van der Waals surface area contributed by atoms with Gasteiger partial charge in [-0.25, -0.2) is 4.98 Å². The molecule has 0 aliphatic carbocycles. The molecule has 0 saturated carbocycles. The highest BCUT2D eigenvalue weighted by molar-refractivity contribution is 9.10. The topological polar surface area (TPSA) is 39.2 Å². The molecule has 0 radical (unpaired) electrons. The highest BCUT2D eigenvalue weighted by atomic mass is 79.9. The van der Waals surface area contributed by atoms with Gasteiger partial charge in [-0.1, -0.05) is 0 Å². The minimum atomic E-state index is 0.128. The Labute approximate surface area is 118 Å². The summed E-state index contributed by atoms with van der Waals surface area (Å²) in [6.07, 6.45) is 0.397. The lowest BCUT2D eigenvalue weighted by atomic mass is 10.2. The Morgan fingerprint density at radius 3 is 2.89 bits per heavy atom. The Balaban J connectivity index is 2.28. The van der Waals surface area contributed by atoms with Crippen LogP contribution < -0.4 is 4.74 Å². The molecule has 1 heterocycles. The largest absolute Gasteiger partial charge is 0.496 e. The van der Waals surface area contributed by atoms with Crippen molar-refractivity contribution in [3.8, 4) is 16.3 Å². The van der Waals surface area contributed by atoms with Gasteiger partial charge in [0.15, 0.2) is 0 Å². The Hall–Kier alpha value is -1.20. The Morgan fingerprint density at radius 2 is 2.28 bits per heavy atom. The summed E-state index contributed by atoms with van der Waals surface area (Å²) in [6, 6.07) is 5.82. The number of ether oxygens (including phenoxy) is 1. The summed E-state index contributed by atoms with van der Waals surface area (Å²) in [6.45, 7) is 1.57. The predicted molar refractivity (Wildman–Crippen MR) is 76.2 cm³/mol. The molecule has 0 aliphatic heterocycles. The van der Waals surface area contributed by atoms with Gasteiger partial charge in [0, 0.05) is 17.4 Å². The maximum absolute atomic E-state index is 11.0. The minimum Gasteiger partial charge on any atom is -0.496 e. The molecular formula is C13H12BrNO2S. The summed E-state index contributed by atoms with van der Waals surface area (Å²) >= 11 is 4.99. The molecule has 0 saturated heterocycles. The third-order valence-electron chi connectivity index (χ3n) is 2.38. The van der Waals surface area contributed by atoms with Crippen LogP contribution in [-0.2, 0) is 11.2 Å². The molecule has 0 aliphatic rings. The van der Waals surface area contributed by atoms with Gasteiger partial charge in [-0.15, -0.1) is 11.3 Å². The zero-order valence-corrected chi connectivity index (χ0v) is 12.5. The van der Waals surface area contributed by atoms with E-state index in [2.05, 4.69) is 20.9 Å². The van der Waals surface area contributed by atoms with E-state index in [1.54, 1.807) is 25.4 Å². The highest BCUT2D eigenvalue weighted by Crippen LogP contribution is 2.31. The van der Waals surface area contributed by atoms with Crippen LogP contribution >= 0.6 is 27.3 Å². The van der Waals surface area contributed by atoms with Gasteiger partial charge in [-0.2, -0.15) is 0 Å². The fourth-order valence-electron chi connectivity index (χ4n) is 1.58. The summed E-state index contributed by atoms with van der Waals surface area (Å²) < 4.78 is 6.08. The number of hydrogen-bond acceptors (Lipinski definition) is 4. The fraction of sp³-hybridized carbons (Fsp3) is 0.231. The van der Waals surface area contributed by atoms with E-state index < -0.39 is 0 Å². The van der Waals surface area contributed by atoms with E-state index in [4.69, 9.17) is 4.74 Å². The average molecular weight is 326 g/mol. The maximum atomic E-state index is 11.0. The van der Waals surface area contributed by atoms with Crippen molar-refractivity contribution in [2.24, 2.45) is 0 Å². The van der Waals surface area contributed by atoms with Crippen molar-refractivity contribution in [1.29, 1.82) is 0 Å². The molecule has 0 bridgehead atoms. The van der Waals surface area contributed by atoms with Crippen molar-refractivity contribution in [2.45, 2.75) is 13.3 Å². The van der Waals surface area contributed by atoms with Crippen LogP contribution in [0.15, 0.2) is 28.1 Å². The number of methoxy groups -OCH3 is 1. The third kappa shape index (κ3) is 2.97. The summed E-state index contributed by atoms with van der Waals surface area (Å²) in [5, 5.41) is 2.84. The number of ketones is 1. The molecule has 0 fully saturated rings. The number of hydrogen-bond donors (Lipinski definition) is 0. The molecule has 1 aromatic heterocycles. The van der Waals surface area contributed by atoms with Gasteiger partial charge in [-0.3, -0.25) is 4.79 Å². The van der Waals surface area contributed by atoms with E-state index in [9.17, 15) is 4.79 Å². The zero-order chi connectivity index (χ0) is 13.1. The van der Waals surface area contributed by atoms with E-state index in [1.165, 1.54) is 0 Å². The van der Waals surface area contributed by atoms with Crippen LogP contribution in [0.1, 0.15) is 12.6 Å². The first kappa shape index (κ1) is 13.2. The molecule has 3 nitrogen and oxygen atoms in total. The van der Waals surface area contributed by atoms with Crippen LogP contribution in [0.4, 0.5) is 0 Å². The third-order valence-corrected chi connectivity index (χ3v) is 3.94. The second-order valence-corrected chi connectivity index (χ2v) is 5.58. The van der Waals surface area contributed by atoms with Crippen LogP contribution in [0.2, 0.25) is 0 Å². The molecule has 0 atom stereocenters. The number of aromatic nitrogens is 1. The van der Waals surface area contributed by atoms with E-state index in [-0.39, 0.29) is 5.78 Å². The lowest BCUT2D eigenvalue weighted by molar-refractivity contribution is -0.116. The Morgan fingerprint density at radius 1 is 1.50 bits per heavy atom. The molecule has 94 valence electrons. The van der Waals surface area contributed by atoms with Crippen LogP contribution in [0, 0.1) is 0 Å². The number of Topliss-reactive ketones (excluding diaryl/α,β-unsaturated/α-hetero) is 1. The number of nitrogens with zero attached hydrogens (tertiary/aromatic N) is 1. The maximum Gasteiger partial charge on any atom is 0.135 e. The van der Waals surface area contributed by atoms with Gasteiger partial charge >= 0.3 is 0 Å². The molecule has 18 heavy (non-hydrogen) atoms. The highest BCUT2D eigenvalue weighted by Gasteiger charge is 2.08. The Bertz CT molecular complexity index is 580. The number of halogens is 1. The average Bonchev–Trinajstić information content (AvgIpc) is 2.76. The minimum absolute atomic E-state index is 0.128. The van der Waals surface area contributed by atoms with E-state index >= 15 is 0 Å². The van der Waals surface area contributed by atoms with Crippen molar-refractivity contribution in [1.82, 2.24) is 4.98 Å². The SMILES string of the molecule is COc1ccc(-c2nc(CC(C)=O)cs2)cc1Br. The normalized spacial score (nSPS) is 10.4. The van der Waals surface area contributed by atoms with Gasteiger partial charge < -0.3 is 4.74 Å². The zero-order valence-electron chi connectivity index (χ0n) is 10.1. The molecule has 0 N–H and O–H groups in total. The first-order valence-corrected chi connectivity index (χ1v) is 7.05. The molecule has 2 rings (SSSR count). The molecule has 0 amide bonds. The van der Waals surface area contributed by atoms with Crippen LogP contribution in [0.25, 0.3) is 10.6 Å². The summed E-state index contributed by atoms with van der Waals surface area (Å²) in [5.41, 5.74) is 1.84. The smallest absolute Gasteiger partial charge is 0.135 e. The monoisotopic (exact) mass is 325 g/mol. The second-order valence-electron chi connectivity index (χ2n) is 3.87. The Kier molecular flexibility index (Phi) is 4.14. The molecule has 1 aromatic carbocycles. The van der Waals surface area contributed by atoms with Crippen molar-refractivity contribution in [3.05, 3.63) is 33.7 Å². The fourth-order valence-corrected chi connectivity index (χ4v) is 2.93. The lowest BCUT2D eigenvalue weighted by Gasteiger charge is -2.04. The predicted octanol–water partition coefficient (Wildman–Crippen LogP) is 3.71. The second kappa shape index (κ2) is 5.63. The molecule has 0 spiro atoms.